The van der Waals surface area contributed by atoms with Crippen LogP contribution in [0, 0.1) is 0 Å². The molecule has 1 aromatic rings. The van der Waals surface area contributed by atoms with Crippen LogP contribution in [0.1, 0.15) is 19.0 Å². The predicted octanol–water partition coefficient (Wildman–Crippen LogP) is 1.22. The van der Waals surface area contributed by atoms with Crippen molar-refractivity contribution in [1.82, 2.24) is 9.78 Å². The fourth-order valence-corrected chi connectivity index (χ4v) is 2.23. The van der Waals surface area contributed by atoms with Gasteiger partial charge in [0.05, 0.1) is 24.2 Å². The van der Waals surface area contributed by atoms with Gasteiger partial charge in [-0.15, -0.1) is 0 Å². The van der Waals surface area contributed by atoms with Gasteiger partial charge in [0.2, 0.25) is 0 Å². The third kappa shape index (κ3) is 2.91. The van der Waals surface area contributed by atoms with Crippen molar-refractivity contribution in [3.63, 3.8) is 0 Å². The molecular formula is C10H17N3O2S. The molecule has 0 aliphatic carbocycles. The molecule has 1 aromatic heterocycles. The Kier molecular flexibility index (Phi) is 4.67. The summed E-state index contributed by atoms with van der Waals surface area (Å²) in [7, 11) is 3.20. The number of nitrogen functional groups attached to an aromatic ring is 1. The van der Waals surface area contributed by atoms with Gasteiger partial charge in [0.15, 0.2) is 0 Å². The average molecular weight is 243 g/mol. The van der Waals surface area contributed by atoms with Crippen molar-refractivity contribution in [2.45, 2.75) is 24.8 Å². The Labute approximate surface area is 99.3 Å². The highest BCUT2D eigenvalue weighted by Crippen LogP contribution is 2.27. The number of carbonyl (C=O) groups excluding carboxylic acids is 1. The summed E-state index contributed by atoms with van der Waals surface area (Å²) in [4.78, 5) is 11.0. The van der Waals surface area contributed by atoms with E-state index >= 15 is 0 Å². The summed E-state index contributed by atoms with van der Waals surface area (Å²) in [5.74, 6) is -0.00569. The lowest BCUT2D eigenvalue weighted by molar-refractivity contribution is -0.137. The summed E-state index contributed by atoms with van der Waals surface area (Å²) in [5.41, 5.74) is 7.54. The fraction of sp³-hybridized carbons (Fsp3) is 0.600. The van der Waals surface area contributed by atoms with Crippen LogP contribution in [0.5, 0.6) is 0 Å². The molecule has 1 rings (SSSR count). The van der Waals surface area contributed by atoms with Crippen LogP contribution in [0.2, 0.25) is 0 Å². The van der Waals surface area contributed by atoms with Gasteiger partial charge in [-0.3, -0.25) is 9.48 Å². The molecule has 90 valence electrons. The fourth-order valence-electron chi connectivity index (χ4n) is 1.36. The quantitative estimate of drug-likeness (QED) is 0.622. The number of ether oxygens (including phenoxy) is 1. The van der Waals surface area contributed by atoms with Gasteiger partial charge in [-0.2, -0.15) is 5.10 Å². The molecule has 0 unspecified atom stereocenters. The van der Waals surface area contributed by atoms with Crippen molar-refractivity contribution in [1.29, 1.82) is 0 Å². The maximum absolute atomic E-state index is 11.0. The zero-order chi connectivity index (χ0) is 12.1. The molecule has 0 amide bonds. The first-order valence-electron chi connectivity index (χ1n) is 5.11. The molecule has 0 fully saturated rings. The normalized spacial score (nSPS) is 10.4. The number of thioether (sulfide) groups is 1. The van der Waals surface area contributed by atoms with Crippen molar-refractivity contribution in [2.75, 3.05) is 18.6 Å². The summed E-state index contributed by atoms with van der Waals surface area (Å²) in [6, 6.07) is 0. The largest absolute Gasteiger partial charge is 0.468 e. The van der Waals surface area contributed by atoms with Gasteiger partial charge < -0.3 is 10.5 Å². The number of aromatic nitrogens is 2. The third-order valence-corrected chi connectivity index (χ3v) is 3.28. The van der Waals surface area contributed by atoms with Crippen LogP contribution in [0.15, 0.2) is 5.03 Å². The lowest BCUT2D eigenvalue weighted by Crippen LogP contribution is -2.04. The predicted molar refractivity (Wildman–Crippen MR) is 64.4 cm³/mol. The topological polar surface area (TPSA) is 70.1 Å². The summed E-state index contributed by atoms with van der Waals surface area (Å²) >= 11 is 1.35. The van der Waals surface area contributed by atoms with E-state index in [0.29, 0.717) is 5.69 Å². The number of rotatable bonds is 5. The van der Waals surface area contributed by atoms with Crippen LogP contribution in [0.3, 0.4) is 0 Å². The second kappa shape index (κ2) is 5.79. The Morgan fingerprint density at radius 1 is 1.62 bits per heavy atom. The standard InChI is InChI=1S/C10H17N3O2S/c1-4-5-7-9(11)10(13(2)12-7)16-6-8(14)15-3/h4-6,11H2,1-3H3. The van der Waals surface area contributed by atoms with Gasteiger partial charge in [0.25, 0.3) is 0 Å². The molecule has 1 heterocycles. The maximum atomic E-state index is 11.0. The maximum Gasteiger partial charge on any atom is 0.316 e. The Hall–Kier alpha value is -1.17. The highest BCUT2D eigenvalue weighted by molar-refractivity contribution is 8.00. The van der Waals surface area contributed by atoms with E-state index in [2.05, 4.69) is 16.8 Å². The summed E-state index contributed by atoms with van der Waals surface area (Å²) in [6.45, 7) is 2.08. The van der Waals surface area contributed by atoms with Crippen LogP contribution in [0.25, 0.3) is 0 Å². The number of nitrogens with zero attached hydrogens (tertiary/aromatic N) is 2. The Balaban J connectivity index is 2.75. The van der Waals surface area contributed by atoms with Crippen LogP contribution >= 0.6 is 11.8 Å². The highest BCUT2D eigenvalue weighted by atomic mass is 32.2. The average Bonchev–Trinajstić information content (AvgIpc) is 2.52. The molecule has 0 atom stereocenters. The molecule has 6 heteroatoms. The van der Waals surface area contributed by atoms with E-state index in [9.17, 15) is 4.79 Å². The number of anilines is 1. The SMILES string of the molecule is CCCc1nn(C)c(SCC(=O)OC)c1N. The van der Waals surface area contributed by atoms with Crippen molar-refractivity contribution < 1.29 is 9.53 Å². The molecule has 0 bridgehead atoms. The minimum absolute atomic E-state index is 0.256. The highest BCUT2D eigenvalue weighted by Gasteiger charge is 2.14. The smallest absolute Gasteiger partial charge is 0.316 e. The molecule has 2 N–H and O–H groups in total. The second-order valence-electron chi connectivity index (χ2n) is 3.40. The zero-order valence-corrected chi connectivity index (χ0v) is 10.6. The van der Waals surface area contributed by atoms with Gasteiger partial charge in [-0.25, -0.2) is 0 Å². The zero-order valence-electron chi connectivity index (χ0n) is 9.82. The van der Waals surface area contributed by atoms with Gasteiger partial charge >= 0.3 is 5.97 Å². The molecule has 0 saturated carbocycles. The van der Waals surface area contributed by atoms with E-state index in [1.54, 1.807) is 4.68 Å². The minimum Gasteiger partial charge on any atom is -0.468 e. The number of nitrogens with two attached hydrogens (primary N) is 1. The molecule has 16 heavy (non-hydrogen) atoms. The van der Waals surface area contributed by atoms with Crippen molar-refractivity contribution in [2.24, 2.45) is 7.05 Å². The molecule has 0 aliphatic rings. The van der Waals surface area contributed by atoms with Gasteiger partial charge in [0, 0.05) is 7.05 Å². The summed E-state index contributed by atoms with van der Waals surface area (Å²) < 4.78 is 6.29. The van der Waals surface area contributed by atoms with Gasteiger partial charge in [-0.05, 0) is 6.42 Å². The Morgan fingerprint density at radius 2 is 2.31 bits per heavy atom. The first-order valence-corrected chi connectivity index (χ1v) is 6.09. The molecule has 0 radical (unpaired) electrons. The van der Waals surface area contributed by atoms with Crippen LogP contribution in [-0.4, -0.2) is 28.6 Å². The molecule has 0 aromatic carbocycles. The van der Waals surface area contributed by atoms with E-state index < -0.39 is 0 Å². The number of hydrogen-bond donors (Lipinski definition) is 1. The van der Waals surface area contributed by atoms with E-state index in [-0.39, 0.29) is 11.7 Å². The van der Waals surface area contributed by atoms with Crippen LogP contribution < -0.4 is 5.73 Å². The molecule has 5 nitrogen and oxygen atoms in total. The Bertz CT molecular complexity index is 376. The van der Waals surface area contributed by atoms with E-state index in [0.717, 1.165) is 23.6 Å². The number of carbonyl (C=O) groups is 1. The monoisotopic (exact) mass is 243 g/mol. The van der Waals surface area contributed by atoms with Crippen LogP contribution in [-0.2, 0) is 23.0 Å². The van der Waals surface area contributed by atoms with E-state index in [1.807, 2.05) is 7.05 Å². The first-order chi connectivity index (χ1) is 7.60. The molecule has 0 spiro atoms. The van der Waals surface area contributed by atoms with E-state index in [1.165, 1.54) is 18.9 Å². The number of aryl methyl sites for hydroxylation is 2. The Morgan fingerprint density at radius 3 is 2.88 bits per heavy atom. The third-order valence-electron chi connectivity index (χ3n) is 2.15. The number of methoxy groups -OCH3 is 1. The second-order valence-corrected chi connectivity index (χ2v) is 4.37. The van der Waals surface area contributed by atoms with Gasteiger partial charge in [0.1, 0.15) is 5.03 Å². The molecule has 0 aliphatic heterocycles. The summed E-state index contributed by atoms with van der Waals surface area (Å²) in [5, 5.41) is 5.15. The van der Waals surface area contributed by atoms with Gasteiger partial charge in [-0.1, -0.05) is 25.1 Å². The van der Waals surface area contributed by atoms with Crippen molar-refractivity contribution in [3.8, 4) is 0 Å². The summed E-state index contributed by atoms with van der Waals surface area (Å²) in [6.07, 6.45) is 1.86. The lowest BCUT2D eigenvalue weighted by atomic mass is 10.2. The molecule has 0 saturated heterocycles. The van der Waals surface area contributed by atoms with Crippen molar-refractivity contribution in [3.05, 3.63) is 5.69 Å². The van der Waals surface area contributed by atoms with Crippen molar-refractivity contribution >= 4 is 23.4 Å². The van der Waals surface area contributed by atoms with Crippen LogP contribution in [0.4, 0.5) is 5.69 Å². The number of esters is 1. The lowest BCUT2D eigenvalue weighted by Gasteiger charge is -2.01. The molecular weight excluding hydrogens is 226 g/mol. The minimum atomic E-state index is -0.261. The number of hydrogen-bond acceptors (Lipinski definition) is 5. The first kappa shape index (κ1) is 12.9. The van der Waals surface area contributed by atoms with E-state index in [4.69, 9.17) is 5.73 Å².